The fourth-order valence-electron chi connectivity index (χ4n) is 2.45. The van der Waals surface area contributed by atoms with Crippen LogP contribution in [0.3, 0.4) is 0 Å². The van der Waals surface area contributed by atoms with Crippen molar-refractivity contribution >= 4 is 15.7 Å². The predicted octanol–water partition coefficient (Wildman–Crippen LogP) is 2.44. The zero-order chi connectivity index (χ0) is 16.4. The largest absolute Gasteiger partial charge is 0.493 e. The summed E-state index contributed by atoms with van der Waals surface area (Å²) in [6, 6.07) is 9.71. The van der Waals surface area contributed by atoms with Crippen LogP contribution in [0.25, 0.3) is 0 Å². The Hall–Kier alpha value is -2.41. The molecule has 2 aromatic carbocycles. The van der Waals surface area contributed by atoms with E-state index in [9.17, 15) is 8.42 Å². The topological polar surface area (TPSA) is 73.9 Å². The van der Waals surface area contributed by atoms with Crippen molar-refractivity contribution in [3.63, 3.8) is 0 Å². The van der Waals surface area contributed by atoms with Crippen molar-refractivity contribution in [3.8, 4) is 17.2 Å². The lowest BCUT2D eigenvalue weighted by atomic mass is 10.1. The molecule has 6 nitrogen and oxygen atoms in total. The van der Waals surface area contributed by atoms with Gasteiger partial charge in [-0.25, -0.2) is 8.42 Å². The van der Waals surface area contributed by atoms with Crippen molar-refractivity contribution < 1.29 is 22.6 Å². The molecule has 1 aliphatic heterocycles. The van der Waals surface area contributed by atoms with Crippen molar-refractivity contribution in [3.05, 3.63) is 42.0 Å². The summed E-state index contributed by atoms with van der Waals surface area (Å²) in [6.45, 7) is 0.626. The van der Waals surface area contributed by atoms with Crippen LogP contribution in [0.15, 0.2) is 41.3 Å². The van der Waals surface area contributed by atoms with Crippen LogP contribution < -0.4 is 18.9 Å². The van der Waals surface area contributed by atoms with Gasteiger partial charge in [-0.3, -0.25) is 4.72 Å². The van der Waals surface area contributed by atoms with Gasteiger partial charge in [0.15, 0.2) is 11.5 Å². The first-order valence-corrected chi connectivity index (χ1v) is 8.52. The number of benzene rings is 2. The molecule has 0 radical (unpaired) electrons. The molecule has 0 aromatic heterocycles. The van der Waals surface area contributed by atoms with Gasteiger partial charge in [-0.1, -0.05) is 0 Å². The van der Waals surface area contributed by atoms with E-state index in [1.165, 1.54) is 26.4 Å². The number of sulfonamides is 1. The summed E-state index contributed by atoms with van der Waals surface area (Å²) in [7, 11) is -0.757. The lowest BCUT2D eigenvalue weighted by Crippen LogP contribution is -2.13. The molecule has 2 aromatic rings. The van der Waals surface area contributed by atoms with Gasteiger partial charge in [0.25, 0.3) is 10.0 Å². The Bertz CT molecular complexity index is 832. The third-order valence-electron chi connectivity index (χ3n) is 3.61. The van der Waals surface area contributed by atoms with Gasteiger partial charge in [-0.15, -0.1) is 0 Å². The molecule has 1 N–H and O–H groups in total. The summed E-state index contributed by atoms with van der Waals surface area (Å²) < 4.78 is 43.3. The number of nitrogens with one attached hydrogen (secondary N) is 1. The first kappa shape index (κ1) is 15.5. The van der Waals surface area contributed by atoms with Crippen LogP contribution in [0.2, 0.25) is 0 Å². The third-order valence-corrected chi connectivity index (χ3v) is 4.99. The molecule has 0 spiro atoms. The fourth-order valence-corrected chi connectivity index (χ4v) is 3.51. The van der Waals surface area contributed by atoms with Gasteiger partial charge in [0.1, 0.15) is 5.75 Å². The summed E-state index contributed by atoms with van der Waals surface area (Å²) in [5.74, 6) is 1.64. The molecule has 1 heterocycles. The molecule has 0 saturated heterocycles. The van der Waals surface area contributed by atoms with Gasteiger partial charge in [0, 0.05) is 18.2 Å². The molecule has 23 heavy (non-hydrogen) atoms. The molecule has 1 aliphatic rings. The average Bonchev–Trinajstić information content (AvgIpc) is 3.01. The van der Waals surface area contributed by atoms with Crippen LogP contribution >= 0.6 is 0 Å². The number of rotatable bonds is 5. The van der Waals surface area contributed by atoms with Gasteiger partial charge >= 0.3 is 0 Å². The molecule has 3 rings (SSSR count). The highest BCUT2D eigenvalue weighted by Gasteiger charge is 2.19. The van der Waals surface area contributed by atoms with E-state index in [-0.39, 0.29) is 4.90 Å². The first-order chi connectivity index (χ1) is 11.0. The second-order valence-electron chi connectivity index (χ2n) is 5.04. The summed E-state index contributed by atoms with van der Waals surface area (Å²) in [5.41, 5.74) is 1.50. The third kappa shape index (κ3) is 3.05. The maximum atomic E-state index is 12.5. The monoisotopic (exact) mass is 335 g/mol. The molecule has 0 atom stereocenters. The van der Waals surface area contributed by atoms with E-state index >= 15 is 0 Å². The molecular formula is C16H17NO5S. The van der Waals surface area contributed by atoms with Crippen molar-refractivity contribution in [1.82, 2.24) is 0 Å². The number of hydrogen-bond acceptors (Lipinski definition) is 5. The Balaban J connectivity index is 1.90. The molecule has 7 heteroatoms. The van der Waals surface area contributed by atoms with Gasteiger partial charge in [-0.2, -0.15) is 0 Å². The van der Waals surface area contributed by atoms with E-state index in [1.807, 2.05) is 0 Å². The number of hydrogen-bond donors (Lipinski definition) is 1. The minimum atomic E-state index is -3.71. The summed E-state index contributed by atoms with van der Waals surface area (Å²) in [5, 5.41) is 0. The summed E-state index contributed by atoms with van der Waals surface area (Å²) >= 11 is 0. The van der Waals surface area contributed by atoms with Crippen molar-refractivity contribution in [1.29, 1.82) is 0 Å². The van der Waals surface area contributed by atoms with E-state index in [0.717, 1.165) is 17.7 Å². The van der Waals surface area contributed by atoms with E-state index in [0.29, 0.717) is 23.8 Å². The van der Waals surface area contributed by atoms with E-state index in [4.69, 9.17) is 14.2 Å². The lowest BCUT2D eigenvalue weighted by molar-refractivity contribution is 0.354. The average molecular weight is 335 g/mol. The van der Waals surface area contributed by atoms with Crippen molar-refractivity contribution in [2.75, 3.05) is 25.5 Å². The number of methoxy groups -OCH3 is 2. The summed E-state index contributed by atoms with van der Waals surface area (Å²) in [6.07, 6.45) is 0.779. The molecular weight excluding hydrogens is 318 g/mol. The van der Waals surface area contributed by atoms with Gasteiger partial charge < -0.3 is 14.2 Å². The second kappa shape index (κ2) is 6.00. The Labute approximate surface area is 135 Å². The Morgan fingerprint density at radius 2 is 1.83 bits per heavy atom. The molecule has 0 saturated carbocycles. The molecule has 0 fully saturated rings. The van der Waals surface area contributed by atoms with E-state index in [2.05, 4.69) is 4.72 Å². The quantitative estimate of drug-likeness (QED) is 0.908. The molecule has 0 unspecified atom stereocenters. The predicted molar refractivity (Wildman–Crippen MR) is 86.0 cm³/mol. The Kier molecular flexibility index (Phi) is 4.04. The minimum absolute atomic E-state index is 0.104. The first-order valence-electron chi connectivity index (χ1n) is 7.04. The fraction of sp³-hybridized carbons (Fsp3) is 0.250. The maximum Gasteiger partial charge on any atom is 0.262 e. The van der Waals surface area contributed by atoms with Crippen molar-refractivity contribution in [2.24, 2.45) is 0 Å². The minimum Gasteiger partial charge on any atom is -0.493 e. The van der Waals surface area contributed by atoms with Crippen molar-refractivity contribution in [2.45, 2.75) is 11.3 Å². The van der Waals surface area contributed by atoms with Gasteiger partial charge in [-0.05, 0) is 35.9 Å². The smallest absolute Gasteiger partial charge is 0.262 e. The summed E-state index contributed by atoms with van der Waals surface area (Å²) in [4.78, 5) is 0.104. The zero-order valence-corrected chi connectivity index (χ0v) is 13.6. The van der Waals surface area contributed by atoms with Crippen LogP contribution in [0.4, 0.5) is 5.69 Å². The van der Waals surface area contributed by atoms with Gasteiger partial charge in [0.05, 0.1) is 25.7 Å². The highest BCUT2D eigenvalue weighted by Crippen LogP contribution is 2.31. The molecule has 0 amide bonds. The number of ether oxygens (including phenoxy) is 3. The molecule has 0 bridgehead atoms. The lowest BCUT2D eigenvalue weighted by Gasteiger charge is -2.12. The van der Waals surface area contributed by atoms with Gasteiger partial charge in [0.2, 0.25) is 0 Å². The van der Waals surface area contributed by atoms with E-state index < -0.39 is 10.0 Å². The van der Waals surface area contributed by atoms with Crippen LogP contribution in [0.5, 0.6) is 17.2 Å². The highest BCUT2D eigenvalue weighted by molar-refractivity contribution is 7.92. The number of fused-ring (bicyclic) bond motifs is 1. The number of anilines is 1. The van der Waals surface area contributed by atoms with Crippen LogP contribution in [-0.2, 0) is 16.4 Å². The normalized spacial score (nSPS) is 13.1. The zero-order valence-electron chi connectivity index (χ0n) is 12.8. The van der Waals surface area contributed by atoms with E-state index in [1.54, 1.807) is 24.3 Å². The van der Waals surface area contributed by atoms with Crippen LogP contribution in [-0.4, -0.2) is 29.2 Å². The highest BCUT2D eigenvalue weighted by atomic mass is 32.2. The molecule has 0 aliphatic carbocycles. The SMILES string of the molecule is COc1ccc(S(=O)(=O)Nc2ccc3c(c2)CCO3)cc1OC. The Morgan fingerprint density at radius 3 is 2.57 bits per heavy atom. The van der Waals surface area contributed by atoms with Crippen LogP contribution in [0.1, 0.15) is 5.56 Å². The maximum absolute atomic E-state index is 12.5. The van der Waals surface area contributed by atoms with Crippen LogP contribution in [0, 0.1) is 0 Å². The Morgan fingerprint density at radius 1 is 1.04 bits per heavy atom. The molecule has 122 valence electrons. The second-order valence-corrected chi connectivity index (χ2v) is 6.73. The standard InChI is InChI=1S/C16H17NO5S/c1-20-15-6-4-13(10-16(15)21-2)23(18,19)17-12-3-5-14-11(9-12)7-8-22-14/h3-6,9-10,17H,7-8H2,1-2H3.